The maximum absolute atomic E-state index is 5.58. The molecule has 0 saturated carbocycles. The fraction of sp³-hybridized carbons (Fsp3) is 0.385. The number of hydrogen-bond acceptors (Lipinski definition) is 3. The first-order valence-electron chi connectivity index (χ1n) is 5.42. The largest absolute Gasteiger partial charge is 0.420 e. The van der Waals surface area contributed by atoms with Crippen LogP contribution in [0, 0.1) is 0 Å². The van der Waals surface area contributed by atoms with E-state index >= 15 is 0 Å². The van der Waals surface area contributed by atoms with Crippen LogP contribution in [0.25, 0.3) is 5.57 Å². The maximum atomic E-state index is 5.58. The van der Waals surface area contributed by atoms with Crippen molar-refractivity contribution < 1.29 is 4.42 Å². The van der Waals surface area contributed by atoms with Crippen LogP contribution in [0.2, 0.25) is 0 Å². The van der Waals surface area contributed by atoms with Gasteiger partial charge in [0.25, 0.3) is 0 Å². The average molecular weight is 218 g/mol. The Labute approximate surface area is 96.6 Å². The van der Waals surface area contributed by atoms with Gasteiger partial charge in [0.2, 0.25) is 11.8 Å². The van der Waals surface area contributed by atoms with Gasteiger partial charge < -0.3 is 4.42 Å². The summed E-state index contributed by atoms with van der Waals surface area (Å²) in [5.41, 5.74) is 1.77. The number of aromatic nitrogens is 2. The first-order chi connectivity index (χ1) is 7.60. The van der Waals surface area contributed by atoms with Crippen molar-refractivity contribution in [1.29, 1.82) is 0 Å². The zero-order chi connectivity index (χ0) is 12.1. The molecule has 0 unspecified atom stereocenters. The van der Waals surface area contributed by atoms with E-state index in [2.05, 4.69) is 16.8 Å². The Balaban J connectivity index is 3.01. The molecule has 1 aromatic heterocycles. The fourth-order valence-corrected chi connectivity index (χ4v) is 1.31. The van der Waals surface area contributed by atoms with Crippen LogP contribution in [-0.4, -0.2) is 10.2 Å². The molecule has 16 heavy (non-hydrogen) atoms. The van der Waals surface area contributed by atoms with E-state index < -0.39 is 0 Å². The lowest BCUT2D eigenvalue weighted by atomic mass is 10.1. The van der Waals surface area contributed by atoms with Gasteiger partial charge >= 0.3 is 0 Å². The van der Waals surface area contributed by atoms with Gasteiger partial charge in [-0.1, -0.05) is 38.7 Å². The smallest absolute Gasteiger partial charge is 0.247 e. The van der Waals surface area contributed by atoms with Crippen LogP contribution < -0.4 is 0 Å². The van der Waals surface area contributed by atoms with Crippen LogP contribution in [0.4, 0.5) is 0 Å². The molecule has 1 aromatic rings. The second kappa shape index (κ2) is 5.45. The number of allylic oxidation sites excluding steroid dienone is 5. The lowest BCUT2D eigenvalue weighted by Gasteiger charge is -2.01. The molecule has 0 spiro atoms. The summed E-state index contributed by atoms with van der Waals surface area (Å²) in [6.45, 7) is 11.9. The van der Waals surface area contributed by atoms with E-state index in [9.17, 15) is 0 Å². The van der Waals surface area contributed by atoms with E-state index in [1.807, 2.05) is 45.9 Å². The molecule has 0 saturated heterocycles. The van der Waals surface area contributed by atoms with E-state index in [0.29, 0.717) is 11.8 Å². The van der Waals surface area contributed by atoms with Gasteiger partial charge in [0.1, 0.15) is 0 Å². The highest BCUT2D eigenvalue weighted by Crippen LogP contribution is 2.23. The molecule has 3 nitrogen and oxygen atoms in total. The van der Waals surface area contributed by atoms with Gasteiger partial charge in [0.05, 0.1) is 0 Å². The van der Waals surface area contributed by atoms with Crippen molar-refractivity contribution in [1.82, 2.24) is 10.2 Å². The minimum atomic E-state index is 0.245. The normalized spacial score (nSPS) is 12.7. The molecule has 0 fully saturated rings. The number of hydrogen-bond donors (Lipinski definition) is 0. The molecule has 0 aromatic carbocycles. The van der Waals surface area contributed by atoms with Gasteiger partial charge in [-0.15, -0.1) is 10.2 Å². The minimum absolute atomic E-state index is 0.245. The minimum Gasteiger partial charge on any atom is -0.420 e. The van der Waals surface area contributed by atoms with Crippen molar-refractivity contribution in [2.24, 2.45) is 0 Å². The summed E-state index contributed by atoms with van der Waals surface area (Å²) >= 11 is 0. The second-order valence-corrected chi connectivity index (χ2v) is 3.83. The van der Waals surface area contributed by atoms with Crippen LogP contribution in [0.15, 0.2) is 34.8 Å². The highest BCUT2D eigenvalue weighted by molar-refractivity contribution is 5.76. The summed E-state index contributed by atoms with van der Waals surface area (Å²) in [6.07, 6.45) is 5.79. The Bertz CT molecular complexity index is 425. The fourth-order valence-electron chi connectivity index (χ4n) is 1.31. The molecule has 0 radical (unpaired) electrons. The monoisotopic (exact) mass is 218 g/mol. The van der Waals surface area contributed by atoms with Crippen molar-refractivity contribution in [2.75, 3.05) is 0 Å². The Morgan fingerprint density at radius 3 is 2.44 bits per heavy atom. The molecule has 1 rings (SSSR count). The van der Waals surface area contributed by atoms with Crippen LogP contribution >= 0.6 is 0 Å². The molecule has 0 aliphatic carbocycles. The number of nitrogens with zero attached hydrogens (tertiary/aromatic N) is 2. The van der Waals surface area contributed by atoms with Crippen LogP contribution in [-0.2, 0) is 0 Å². The summed E-state index contributed by atoms with van der Waals surface area (Å²) in [5, 5.41) is 8.04. The van der Waals surface area contributed by atoms with Crippen molar-refractivity contribution in [3.63, 3.8) is 0 Å². The molecule has 0 N–H and O–H groups in total. The Morgan fingerprint density at radius 1 is 1.31 bits per heavy atom. The number of rotatable bonds is 4. The summed E-state index contributed by atoms with van der Waals surface area (Å²) in [6, 6.07) is 0. The molecule has 0 amide bonds. The topological polar surface area (TPSA) is 38.9 Å². The summed E-state index contributed by atoms with van der Waals surface area (Å²) in [5.74, 6) is 1.44. The lowest BCUT2D eigenvalue weighted by molar-refractivity contribution is 0.461. The summed E-state index contributed by atoms with van der Waals surface area (Å²) < 4.78 is 5.58. The standard InChI is InChI=1S/C13H18N2O/c1-6-8-10(5)11(7-2)13-15-14-12(16-13)9(3)4/h6-9H,5H2,1-4H3/b8-6-,11-7+. The molecule has 3 heteroatoms. The van der Waals surface area contributed by atoms with E-state index in [1.165, 1.54) is 0 Å². The molecule has 0 aliphatic heterocycles. The second-order valence-electron chi connectivity index (χ2n) is 3.83. The van der Waals surface area contributed by atoms with E-state index in [4.69, 9.17) is 4.42 Å². The third-order valence-electron chi connectivity index (χ3n) is 2.17. The lowest BCUT2D eigenvalue weighted by Crippen LogP contribution is -1.86. The summed E-state index contributed by atoms with van der Waals surface area (Å²) in [7, 11) is 0. The summed E-state index contributed by atoms with van der Waals surface area (Å²) in [4.78, 5) is 0. The van der Waals surface area contributed by atoms with Gasteiger partial charge in [-0.3, -0.25) is 0 Å². The first-order valence-corrected chi connectivity index (χ1v) is 5.42. The third kappa shape index (κ3) is 2.69. The van der Waals surface area contributed by atoms with Crippen LogP contribution in [0.5, 0.6) is 0 Å². The van der Waals surface area contributed by atoms with E-state index in [1.54, 1.807) is 0 Å². The predicted molar refractivity (Wildman–Crippen MR) is 66.0 cm³/mol. The Hall–Kier alpha value is -1.64. The zero-order valence-electron chi connectivity index (χ0n) is 10.3. The Kier molecular flexibility index (Phi) is 4.23. The molecular formula is C13H18N2O. The highest BCUT2D eigenvalue weighted by atomic mass is 16.4. The first kappa shape index (κ1) is 12.4. The van der Waals surface area contributed by atoms with Crippen LogP contribution in [0.3, 0.4) is 0 Å². The van der Waals surface area contributed by atoms with E-state index in [0.717, 1.165) is 11.1 Å². The van der Waals surface area contributed by atoms with Crippen LogP contribution in [0.1, 0.15) is 45.4 Å². The molecule has 0 atom stereocenters. The molecule has 1 heterocycles. The predicted octanol–water partition coefficient (Wildman–Crippen LogP) is 3.73. The van der Waals surface area contributed by atoms with Gasteiger partial charge in [-0.25, -0.2) is 0 Å². The molecular weight excluding hydrogens is 200 g/mol. The van der Waals surface area contributed by atoms with E-state index in [-0.39, 0.29) is 5.92 Å². The SMILES string of the molecule is C=C(/C=C\C)/C(=C\C)c1nnc(C(C)C)o1. The van der Waals surface area contributed by atoms with Gasteiger partial charge in [0.15, 0.2) is 0 Å². The highest BCUT2D eigenvalue weighted by Gasteiger charge is 2.13. The van der Waals surface area contributed by atoms with Gasteiger partial charge in [-0.05, 0) is 19.4 Å². The quantitative estimate of drug-likeness (QED) is 0.723. The molecule has 0 bridgehead atoms. The van der Waals surface area contributed by atoms with Gasteiger partial charge in [-0.2, -0.15) is 0 Å². The third-order valence-corrected chi connectivity index (χ3v) is 2.17. The Morgan fingerprint density at radius 2 is 2.00 bits per heavy atom. The maximum Gasteiger partial charge on any atom is 0.247 e. The van der Waals surface area contributed by atoms with Crippen molar-refractivity contribution >= 4 is 5.57 Å². The molecule has 86 valence electrons. The van der Waals surface area contributed by atoms with Crippen molar-refractivity contribution in [2.45, 2.75) is 33.6 Å². The van der Waals surface area contributed by atoms with Crippen molar-refractivity contribution in [3.8, 4) is 0 Å². The van der Waals surface area contributed by atoms with Gasteiger partial charge in [0, 0.05) is 11.5 Å². The van der Waals surface area contributed by atoms with Crippen molar-refractivity contribution in [3.05, 3.63) is 42.2 Å². The molecule has 0 aliphatic rings. The zero-order valence-corrected chi connectivity index (χ0v) is 10.3. The average Bonchev–Trinajstić information content (AvgIpc) is 2.68.